The smallest absolute Gasteiger partial charge is 0.325 e. The molecule has 0 spiro atoms. The standard InChI is InChI=1S/C22H22FN3O5S2/c1-31-20(27)14-26-18-4-2-3-5-19(18)32-22(26)24-21(28)15-10-12-25(13-11-15)33(29,30)17-8-6-16(23)7-9-17/h2-9,15H,10-14H2,1H3. The number of para-hydroxylation sites is 1. The highest BCUT2D eigenvalue weighted by Crippen LogP contribution is 2.25. The van der Waals surface area contributed by atoms with E-state index < -0.39 is 27.7 Å². The van der Waals surface area contributed by atoms with E-state index >= 15 is 0 Å². The maximum Gasteiger partial charge on any atom is 0.325 e. The van der Waals surface area contributed by atoms with E-state index in [1.807, 2.05) is 24.3 Å². The third-order valence-corrected chi connectivity index (χ3v) is 8.54. The van der Waals surface area contributed by atoms with Crippen LogP contribution in [0, 0.1) is 11.7 Å². The number of nitrogens with zero attached hydrogens (tertiary/aromatic N) is 3. The molecular weight excluding hydrogens is 469 g/mol. The lowest BCUT2D eigenvalue weighted by atomic mass is 9.98. The van der Waals surface area contributed by atoms with Crippen molar-refractivity contribution in [3.63, 3.8) is 0 Å². The first kappa shape index (κ1) is 23.3. The van der Waals surface area contributed by atoms with E-state index in [4.69, 9.17) is 4.74 Å². The minimum absolute atomic E-state index is 0.0208. The number of carbonyl (C=O) groups excluding carboxylic acids is 2. The summed E-state index contributed by atoms with van der Waals surface area (Å²) in [5.74, 6) is -1.74. The van der Waals surface area contributed by atoms with Crippen LogP contribution in [0.5, 0.6) is 0 Å². The molecule has 4 rings (SSSR count). The summed E-state index contributed by atoms with van der Waals surface area (Å²) in [6.45, 7) is 0.265. The van der Waals surface area contributed by atoms with Crippen molar-refractivity contribution < 1.29 is 27.1 Å². The largest absolute Gasteiger partial charge is 0.468 e. The maximum atomic E-state index is 13.1. The topological polar surface area (TPSA) is 98.0 Å². The second-order valence-corrected chi connectivity index (χ2v) is 10.5. The van der Waals surface area contributed by atoms with Gasteiger partial charge in [0.15, 0.2) is 4.80 Å². The van der Waals surface area contributed by atoms with Crippen molar-refractivity contribution in [1.82, 2.24) is 8.87 Å². The molecule has 0 saturated carbocycles. The highest BCUT2D eigenvalue weighted by atomic mass is 32.2. The summed E-state index contributed by atoms with van der Waals surface area (Å²) in [5, 5.41) is 0. The van der Waals surface area contributed by atoms with E-state index in [9.17, 15) is 22.4 Å². The molecule has 0 N–H and O–H groups in total. The Kier molecular flexibility index (Phi) is 6.73. The lowest BCUT2D eigenvalue weighted by molar-refractivity contribution is -0.141. The number of amides is 1. The molecule has 1 fully saturated rings. The molecule has 1 saturated heterocycles. The number of fused-ring (bicyclic) bond motifs is 1. The predicted octanol–water partition coefficient (Wildman–Crippen LogP) is 2.54. The maximum absolute atomic E-state index is 13.1. The summed E-state index contributed by atoms with van der Waals surface area (Å²) in [6, 6.07) is 12.1. The number of halogens is 1. The Balaban J connectivity index is 1.53. The summed E-state index contributed by atoms with van der Waals surface area (Å²) in [6.07, 6.45) is 0.648. The summed E-state index contributed by atoms with van der Waals surface area (Å²) in [4.78, 5) is 29.5. The first-order valence-electron chi connectivity index (χ1n) is 10.3. The Hall–Kier alpha value is -2.89. The second-order valence-electron chi connectivity index (χ2n) is 7.60. The molecule has 0 atom stereocenters. The fourth-order valence-corrected chi connectivity index (χ4v) is 6.24. The Labute approximate surface area is 194 Å². The molecule has 1 amide bonds. The summed E-state index contributed by atoms with van der Waals surface area (Å²) in [5.41, 5.74) is 0.777. The lowest BCUT2D eigenvalue weighted by Crippen LogP contribution is -2.40. The van der Waals surface area contributed by atoms with E-state index in [1.54, 1.807) is 4.57 Å². The zero-order valence-corrected chi connectivity index (χ0v) is 19.4. The van der Waals surface area contributed by atoms with Gasteiger partial charge in [-0.25, -0.2) is 12.8 Å². The van der Waals surface area contributed by atoms with Crippen LogP contribution in [0.25, 0.3) is 10.2 Å². The molecule has 1 aliphatic rings. The number of hydrogen-bond donors (Lipinski definition) is 0. The van der Waals surface area contributed by atoms with Crippen molar-refractivity contribution in [2.24, 2.45) is 10.9 Å². The van der Waals surface area contributed by atoms with Crippen molar-refractivity contribution in [1.29, 1.82) is 0 Å². The molecule has 2 aromatic carbocycles. The van der Waals surface area contributed by atoms with Gasteiger partial charge in [-0.05, 0) is 49.2 Å². The van der Waals surface area contributed by atoms with E-state index in [2.05, 4.69) is 4.99 Å². The first-order valence-corrected chi connectivity index (χ1v) is 12.5. The molecule has 1 aromatic heterocycles. The van der Waals surface area contributed by atoms with Gasteiger partial charge in [0.2, 0.25) is 10.0 Å². The van der Waals surface area contributed by atoms with E-state index in [-0.39, 0.29) is 30.4 Å². The zero-order valence-electron chi connectivity index (χ0n) is 17.8. The molecule has 3 aromatic rings. The molecule has 2 heterocycles. The first-order chi connectivity index (χ1) is 15.8. The van der Waals surface area contributed by atoms with E-state index in [0.29, 0.717) is 17.6 Å². The number of piperidine rings is 1. The molecule has 1 aliphatic heterocycles. The van der Waals surface area contributed by atoms with Crippen LogP contribution in [-0.2, 0) is 30.9 Å². The van der Waals surface area contributed by atoms with Crippen LogP contribution in [0.3, 0.4) is 0 Å². The van der Waals surface area contributed by atoms with Gasteiger partial charge in [0.25, 0.3) is 5.91 Å². The molecule has 0 bridgehead atoms. The minimum atomic E-state index is -3.76. The number of rotatable bonds is 5. The van der Waals surface area contributed by atoms with Crippen LogP contribution in [0.2, 0.25) is 0 Å². The number of sulfonamides is 1. The van der Waals surface area contributed by atoms with Crippen LogP contribution < -0.4 is 4.80 Å². The number of carbonyl (C=O) groups is 2. The van der Waals surface area contributed by atoms with Gasteiger partial charge in [0.1, 0.15) is 12.4 Å². The Morgan fingerprint density at radius 1 is 1.12 bits per heavy atom. The third-order valence-electron chi connectivity index (χ3n) is 5.56. The van der Waals surface area contributed by atoms with Crippen molar-refractivity contribution >= 4 is 43.5 Å². The Morgan fingerprint density at radius 2 is 1.79 bits per heavy atom. The average Bonchev–Trinajstić information content (AvgIpc) is 3.16. The lowest BCUT2D eigenvalue weighted by Gasteiger charge is -2.29. The molecule has 0 unspecified atom stereocenters. The monoisotopic (exact) mass is 491 g/mol. The second kappa shape index (κ2) is 9.54. The predicted molar refractivity (Wildman–Crippen MR) is 120 cm³/mol. The normalized spacial score (nSPS) is 16.2. The van der Waals surface area contributed by atoms with Gasteiger partial charge in [0, 0.05) is 19.0 Å². The molecule has 174 valence electrons. The fraction of sp³-hybridized carbons (Fsp3) is 0.318. The Bertz CT molecular complexity index is 1350. The van der Waals surface area contributed by atoms with Gasteiger partial charge in [-0.3, -0.25) is 9.59 Å². The van der Waals surface area contributed by atoms with Crippen molar-refractivity contribution in [2.45, 2.75) is 24.3 Å². The number of methoxy groups -OCH3 is 1. The van der Waals surface area contributed by atoms with Crippen LogP contribution in [0.1, 0.15) is 12.8 Å². The number of thiazole rings is 1. The van der Waals surface area contributed by atoms with Gasteiger partial charge in [-0.2, -0.15) is 9.30 Å². The van der Waals surface area contributed by atoms with Gasteiger partial charge >= 0.3 is 5.97 Å². The molecule has 0 radical (unpaired) electrons. The summed E-state index contributed by atoms with van der Waals surface area (Å²) < 4.78 is 47.3. The van der Waals surface area contributed by atoms with Crippen LogP contribution in [0.15, 0.2) is 58.4 Å². The zero-order chi connectivity index (χ0) is 23.6. The highest BCUT2D eigenvalue weighted by molar-refractivity contribution is 7.89. The number of hydrogen-bond acceptors (Lipinski definition) is 6. The third kappa shape index (κ3) is 4.90. The fourth-order valence-electron chi connectivity index (χ4n) is 3.74. The number of benzene rings is 2. The van der Waals surface area contributed by atoms with Crippen LogP contribution >= 0.6 is 11.3 Å². The van der Waals surface area contributed by atoms with Gasteiger partial charge in [0.05, 0.1) is 22.2 Å². The van der Waals surface area contributed by atoms with Crippen molar-refractivity contribution in [3.8, 4) is 0 Å². The molecule has 0 aliphatic carbocycles. The molecular formula is C22H22FN3O5S2. The molecule has 33 heavy (non-hydrogen) atoms. The van der Waals surface area contributed by atoms with Crippen molar-refractivity contribution in [2.75, 3.05) is 20.2 Å². The number of ether oxygens (including phenoxy) is 1. The van der Waals surface area contributed by atoms with E-state index in [0.717, 1.165) is 22.3 Å². The summed E-state index contributed by atoms with van der Waals surface area (Å²) in [7, 11) is -2.46. The van der Waals surface area contributed by atoms with E-state index in [1.165, 1.54) is 34.9 Å². The Morgan fingerprint density at radius 3 is 2.45 bits per heavy atom. The number of esters is 1. The molecule has 11 heteroatoms. The molecule has 8 nitrogen and oxygen atoms in total. The quantitative estimate of drug-likeness (QED) is 0.511. The highest BCUT2D eigenvalue weighted by Gasteiger charge is 2.32. The van der Waals surface area contributed by atoms with Gasteiger partial charge in [-0.15, -0.1) is 0 Å². The van der Waals surface area contributed by atoms with Gasteiger partial charge < -0.3 is 9.30 Å². The van der Waals surface area contributed by atoms with Gasteiger partial charge in [-0.1, -0.05) is 23.5 Å². The van der Waals surface area contributed by atoms with Crippen LogP contribution in [0.4, 0.5) is 4.39 Å². The minimum Gasteiger partial charge on any atom is -0.468 e. The van der Waals surface area contributed by atoms with Crippen molar-refractivity contribution in [3.05, 3.63) is 59.1 Å². The summed E-state index contributed by atoms with van der Waals surface area (Å²) >= 11 is 1.30. The SMILES string of the molecule is COC(=O)Cn1c(=NC(=O)C2CCN(S(=O)(=O)c3ccc(F)cc3)CC2)sc2ccccc21. The number of aromatic nitrogens is 1. The average molecular weight is 492 g/mol. The van der Waals surface area contributed by atoms with Crippen LogP contribution in [-0.4, -0.2) is 49.4 Å².